The van der Waals surface area contributed by atoms with E-state index < -0.39 is 0 Å². The highest BCUT2D eigenvalue weighted by molar-refractivity contribution is 5.37. The molecule has 0 spiro atoms. The molecule has 2 heterocycles. The lowest BCUT2D eigenvalue weighted by Crippen LogP contribution is -2.27. The Labute approximate surface area is 119 Å². The molecule has 1 aliphatic heterocycles. The first kappa shape index (κ1) is 13.2. The first-order valence-corrected chi connectivity index (χ1v) is 7.34. The van der Waals surface area contributed by atoms with E-state index in [1.54, 1.807) is 0 Å². The van der Waals surface area contributed by atoms with Crippen LogP contribution in [-0.2, 0) is 6.54 Å². The average molecular weight is 271 g/mol. The van der Waals surface area contributed by atoms with Crippen molar-refractivity contribution >= 4 is 0 Å². The van der Waals surface area contributed by atoms with Gasteiger partial charge in [0.1, 0.15) is 5.75 Å². The van der Waals surface area contributed by atoms with E-state index in [4.69, 9.17) is 4.74 Å². The van der Waals surface area contributed by atoms with Gasteiger partial charge in [0.25, 0.3) is 0 Å². The van der Waals surface area contributed by atoms with E-state index in [0.717, 1.165) is 31.9 Å². The largest absolute Gasteiger partial charge is 0.493 e. The molecule has 1 unspecified atom stereocenters. The summed E-state index contributed by atoms with van der Waals surface area (Å²) in [5.74, 6) is 1.04. The summed E-state index contributed by atoms with van der Waals surface area (Å²) in [4.78, 5) is 4.05. The monoisotopic (exact) mass is 271 g/mol. The molecule has 1 aliphatic rings. The van der Waals surface area contributed by atoms with Crippen molar-refractivity contribution < 1.29 is 4.74 Å². The third-order valence-electron chi connectivity index (χ3n) is 3.75. The lowest BCUT2D eigenvalue weighted by atomic mass is 10.0. The molecule has 0 saturated heterocycles. The molecule has 0 fully saturated rings. The van der Waals surface area contributed by atoms with Gasteiger partial charge in [-0.15, -0.1) is 0 Å². The number of unbranched alkanes of at least 4 members (excludes halogenated alkanes) is 1. The molecule has 0 bridgehead atoms. The molecule has 0 amide bonds. The van der Waals surface area contributed by atoms with Crippen LogP contribution in [-0.4, -0.2) is 22.7 Å². The number of hydrogen-bond donors (Lipinski definition) is 1. The van der Waals surface area contributed by atoms with Gasteiger partial charge >= 0.3 is 0 Å². The maximum atomic E-state index is 5.68. The molecule has 1 aromatic heterocycles. The van der Waals surface area contributed by atoms with Gasteiger partial charge in [-0.1, -0.05) is 18.2 Å². The van der Waals surface area contributed by atoms with Crippen LogP contribution in [0.3, 0.4) is 0 Å². The Morgan fingerprint density at radius 2 is 2.25 bits per heavy atom. The number of aryl methyl sites for hydroxylation is 1. The Kier molecular flexibility index (Phi) is 4.33. The normalized spacial score (nSPS) is 17.5. The number of nitrogens with one attached hydrogen (secondary N) is 1. The van der Waals surface area contributed by atoms with Crippen molar-refractivity contribution in [2.45, 2.75) is 31.8 Å². The summed E-state index contributed by atoms with van der Waals surface area (Å²) in [7, 11) is 0. The number of hydrogen-bond acceptors (Lipinski definition) is 3. The molecule has 1 aromatic carbocycles. The summed E-state index contributed by atoms with van der Waals surface area (Å²) in [6, 6.07) is 8.78. The van der Waals surface area contributed by atoms with Crippen LogP contribution in [0, 0.1) is 0 Å². The van der Waals surface area contributed by atoms with Crippen molar-refractivity contribution in [2.24, 2.45) is 0 Å². The zero-order valence-electron chi connectivity index (χ0n) is 11.7. The smallest absolute Gasteiger partial charge is 0.124 e. The van der Waals surface area contributed by atoms with Crippen LogP contribution in [0.15, 0.2) is 43.0 Å². The third kappa shape index (κ3) is 3.20. The standard InChI is InChI=1S/C16H21N3O/c1-2-6-16-14(5-1)15(7-12-20-16)18-8-3-4-10-19-11-9-17-13-19/h1-2,5-6,9,11,13,15,18H,3-4,7-8,10,12H2. The van der Waals surface area contributed by atoms with Crippen LogP contribution in [0.2, 0.25) is 0 Å². The molecule has 4 nitrogen and oxygen atoms in total. The van der Waals surface area contributed by atoms with Gasteiger partial charge in [0, 0.05) is 37.0 Å². The number of nitrogens with zero attached hydrogens (tertiary/aromatic N) is 2. The molecular formula is C16H21N3O. The zero-order chi connectivity index (χ0) is 13.6. The number of fused-ring (bicyclic) bond motifs is 1. The Bertz CT molecular complexity index is 524. The van der Waals surface area contributed by atoms with Gasteiger partial charge in [-0.25, -0.2) is 4.98 Å². The predicted octanol–water partition coefficient (Wildman–Crippen LogP) is 2.78. The van der Waals surface area contributed by atoms with Crippen molar-refractivity contribution in [1.82, 2.24) is 14.9 Å². The molecule has 0 saturated carbocycles. The van der Waals surface area contributed by atoms with Crippen molar-refractivity contribution in [3.05, 3.63) is 48.5 Å². The summed E-state index contributed by atoms with van der Waals surface area (Å²) in [5, 5.41) is 3.65. The number of rotatable bonds is 6. The summed E-state index contributed by atoms with van der Waals surface area (Å²) in [6.07, 6.45) is 9.13. The molecule has 0 radical (unpaired) electrons. The first-order valence-electron chi connectivity index (χ1n) is 7.34. The van der Waals surface area contributed by atoms with E-state index in [1.807, 2.05) is 24.8 Å². The van der Waals surface area contributed by atoms with Crippen molar-refractivity contribution in [3.8, 4) is 5.75 Å². The van der Waals surface area contributed by atoms with Crippen LogP contribution in [0.4, 0.5) is 0 Å². The minimum absolute atomic E-state index is 0.438. The topological polar surface area (TPSA) is 39.1 Å². The number of aromatic nitrogens is 2. The molecule has 106 valence electrons. The first-order chi connectivity index (χ1) is 9.93. The van der Waals surface area contributed by atoms with E-state index in [0.29, 0.717) is 6.04 Å². The van der Waals surface area contributed by atoms with Crippen LogP contribution in [0.5, 0.6) is 5.75 Å². The van der Waals surface area contributed by atoms with Crippen molar-refractivity contribution in [2.75, 3.05) is 13.2 Å². The fraction of sp³-hybridized carbons (Fsp3) is 0.438. The number of benzene rings is 1. The molecule has 20 heavy (non-hydrogen) atoms. The van der Waals surface area contributed by atoms with Gasteiger partial charge < -0.3 is 14.6 Å². The third-order valence-corrected chi connectivity index (χ3v) is 3.75. The second kappa shape index (κ2) is 6.57. The SMILES string of the molecule is c1ccc2c(c1)OCCC2NCCCCn1ccnc1. The molecule has 1 atom stereocenters. The van der Waals surface area contributed by atoms with Gasteiger partial charge in [-0.05, 0) is 25.5 Å². The minimum atomic E-state index is 0.438. The number of ether oxygens (including phenoxy) is 1. The number of para-hydroxylation sites is 1. The highest BCUT2D eigenvalue weighted by Gasteiger charge is 2.19. The van der Waals surface area contributed by atoms with Gasteiger partial charge in [-0.2, -0.15) is 0 Å². The Hall–Kier alpha value is -1.81. The average Bonchev–Trinajstić information content (AvgIpc) is 3.00. The Balaban J connectivity index is 1.43. The lowest BCUT2D eigenvalue weighted by Gasteiger charge is -2.26. The quantitative estimate of drug-likeness (QED) is 0.821. The second-order valence-electron chi connectivity index (χ2n) is 5.19. The van der Waals surface area contributed by atoms with Crippen LogP contribution >= 0.6 is 0 Å². The Morgan fingerprint density at radius 1 is 1.30 bits per heavy atom. The second-order valence-corrected chi connectivity index (χ2v) is 5.19. The molecule has 2 aromatic rings. The molecule has 3 rings (SSSR count). The van der Waals surface area contributed by atoms with E-state index in [9.17, 15) is 0 Å². The summed E-state index contributed by atoms with van der Waals surface area (Å²) >= 11 is 0. The van der Waals surface area contributed by atoms with Crippen LogP contribution in [0.25, 0.3) is 0 Å². The highest BCUT2D eigenvalue weighted by Crippen LogP contribution is 2.31. The van der Waals surface area contributed by atoms with Gasteiger partial charge in [0.15, 0.2) is 0 Å². The number of imidazole rings is 1. The van der Waals surface area contributed by atoms with Gasteiger partial charge in [0.2, 0.25) is 0 Å². The van der Waals surface area contributed by atoms with E-state index in [2.05, 4.69) is 33.1 Å². The van der Waals surface area contributed by atoms with E-state index in [1.165, 1.54) is 18.4 Å². The molecule has 1 N–H and O–H groups in total. The highest BCUT2D eigenvalue weighted by atomic mass is 16.5. The van der Waals surface area contributed by atoms with Crippen molar-refractivity contribution in [3.63, 3.8) is 0 Å². The van der Waals surface area contributed by atoms with Crippen LogP contribution in [0.1, 0.15) is 30.9 Å². The van der Waals surface area contributed by atoms with E-state index >= 15 is 0 Å². The minimum Gasteiger partial charge on any atom is -0.493 e. The van der Waals surface area contributed by atoms with Crippen molar-refractivity contribution in [1.29, 1.82) is 0 Å². The molecule has 4 heteroatoms. The molecular weight excluding hydrogens is 250 g/mol. The fourth-order valence-corrected chi connectivity index (χ4v) is 2.67. The van der Waals surface area contributed by atoms with E-state index in [-0.39, 0.29) is 0 Å². The van der Waals surface area contributed by atoms with Gasteiger partial charge in [0.05, 0.1) is 12.9 Å². The molecule has 0 aliphatic carbocycles. The maximum absolute atomic E-state index is 5.68. The maximum Gasteiger partial charge on any atom is 0.124 e. The fourth-order valence-electron chi connectivity index (χ4n) is 2.67. The predicted molar refractivity (Wildman–Crippen MR) is 78.8 cm³/mol. The van der Waals surface area contributed by atoms with Crippen LogP contribution < -0.4 is 10.1 Å². The summed E-state index contributed by atoms with van der Waals surface area (Å²) < 4.78 is 7.81. The Morgan fingerprint density at radius 3 is 3.15 bits per heavy atom. The zero-order valence-corrected chi connectivity index (χ0v) is 11.7. The summed E-state index contributed by atoms with van der Waals surface area (Å²) in [5.41, 5.74) is 1.30. The summed E-state index contributed by atoms with van der Waals surface area (Å²) in [6.45, 7) is 2.91. The lowest BCUT2D eigenvalue weighted by molar-refractivity contribution is 0.252. The van der Waals surface area contributed by atoms with Gasteiger partial charge in [-0.3, -0.25) is 0 Å².